The second-order valence-electron chi connectivity index (χ2n) is 5.81. The van der Waals surface area contributed by atoms with E-state index in [1.807, 2.05) is 27.7 Å². The Morgan fingerprint density at radius 3 is 2.25 bits per heavy atom. The van der Waals surface area contributed by atoms with Crippen LogP contribution in [0.1, 0.15) is 33.3 Å². The van der Waals surface area contributed by atoms with Gasteiger partial charge in [0.05, 0.1) is 16.8 Å². The molecule has 0 radical (unpaired) electrons. The fourth-order valence-electron chi connectivity index (χ4n) is 1.92. The number of benzene rings is 1. The monoisotopic (exact) mass is 280 g/mol. The topological polar surface area (TPSA) is 77.1 Å². The van der Waals surface area contributed by atoms with Gasteiger partial charge >= 0.3 is 7.12 Å². The van der Waals surface area contributed by atoms with Crippen LogP contribution >= 0.6 is 0 Å². The Bertz CT molecular complexity index is 545. The minimum absolute atomic E-state index is 0.0350. The van der Waals surface area contributed by atoms with Crippen molar-refractivity contribution in [3.05, 3.63) is 29.6 Å². The van der Waals surface area contributed by atoms with Gasteiger partial charge in [-0.15, -0.1) is 0 Å². The molecule has 20 heavy (non-hydrogen) atoms. The molecule has 0 aromatic heterocycles. The number of nitrogens with two attached hydrogens (primary N) is 1. The first-order chi connectivity index (χ1) is 9.18. The van der Waals surface area contributed by atoms with Gasteiger partial charge in [0.15, 0.2) is 5.84 Å². The lowest BCUT2D eigenvalue weighted by Gasteiger charge is -2.32. The number of halogens is 1. The molecule has 1 aromatic carbocycles. The third-order valence-corrected chi connectivity index (χ3v) is 3.90. The molecule has 1 fully saturated rings. The van der Waals surface area contributed by atoms with Crippen LogP contribution in [0.25, 0.3) is 0 Å². The van der Waals surface area contributed by atoms with E-state index in [4.69, 9.17) is 20.2 Å². The molecule has 1 saturated heterocycles. The zero-order chi connectivity index (χ0) is 15.1. The lowest BCUT2D eigenvalue weighted by Crippen LogP contribution is -2.41. The molecule has 108 valence electrons. The van der Waals surface area contributed by atoms with Crippen molar-refractivity contribution in [2.75, 3.05) is 0 Å². The molecular weight excluding hydrogens is 262 g/mol. The molecule has 1 aliphatic rings. The van der Waals surface area contributed by atoms with Crippen molar-refractivity contribution >= 4 is 18.4 Å². The Balaban J connectivity index is 2.31. The fraction of sp³-hybridized carbons (Fsp3) is 0.462. The first kappa shape index (κ1) is 14.8. The van der Waals surface area contributed by atoms with E-state index in [0.29, 0.717) is 5.46 Å². The standard InChI is InChI=1S/C13H18BFN2O3/c1-12(2)13(3,4)20-14(19-12)8-5-6-9(10(15)7-8)11(16)17-18/h5-7,18H,1-4H3,(H2,16,17). The predicted octanol–water partition coefficient (Wildman–Crippen LogP) is 1.22. The van der Waals surface area contributed by atoms with Gasteiger partial charge in [-0.25, -0.2) is 4.39 Å². The SMILES string of the molecule is CC1(C)OB(c2ccc(C(N)=NO)c(F)c2)OC1(C)C. The fourth-order valence-corrected chi connectivity index (χ4v) is 1.92. The second-order valence-corrected chi connectivity index (χ2v) is 5.81. The quantitative estimate of drug-likeness (QED) is 0.281. The van der Waals surface area contributed by atoms with Crippen LogP contribution in [-0.2, 0) is 9.31 Å². The largest absolute Gasteiger partial charge is 0.494 e. The van der Waals surface area contributed by atoms with Gasteiger partial charge in [-0.3, -0.25) is 0 Å². The van der Waals surface area contributed by atoms with Crippen LogP contribution < -0.4 is 11.2 Å². The summed E-state index contributed by atoms with van der Waals surface area (Å²) in [5.74, 6) is -0.865. The number of hydrogen-bond acceptors (Lipinski definition) is 4. The van der Waals surface area contributed by atoms with Gasteiger partial charge in [0.1, 0.15) is 5.82 Å². The predicted molar refractivity (Wildman–Crippen MR) is 74.6 cm³/mol. The lowest BCUT2D eigenvalue weighted by atomic mass is 9.78. The summed E-state index contributed by atoms with van der Waals surface area (Å²) in [6.07, 6.45) is 0. The maximum atomic E-state index is 13.9. The van der Waals surface area contributed by atoms with E-state index in [0.717, 1.165) is 0 Å². The maximum Gasteiger partial charge on any atom is 0.494 e. The van der Waals surface area contributed by atoms with Gasteiger partial charge in [-0.05, 0) is 45.3 Å². The van der Waals surface area contributed by atoms with Crippen LogP contribution in [-0.4, -0.2) is 29.4 Å². The van der Waals surface area contributed by atoms with Crippen LogP contribution in [0.15, 0.2) is 23.4 Å². The molecule has 0 unspecified atom stereocenters. The minimum atomic E-state index is -0.643. The van der Waals surface area contributed by atoms with Crippen LogP contribution in [0, 0.1) is 5.82 Å². The summed E-state index contributed by atoms with van der Waals surface area (Å²) in [5.41, 5.74) is 4.99. The summed E-state index contributed by atoms with van der Waals surface area (Å²) in [6, 6.07) is 4.35. The summed E-state index contributed by atoms with van der Waals surface area (Å²) < 4.78 is 25.6. The van der Waals surface area contributed by atoms with E-state index < -0.39 is 24.1 Å². The Hall–Kier alpha value is -1.60. The number of hydrogen-bond donors (Lipinski definition) is 2. The van der Waals surface area contributed by atoms with Gasteiger partial charge in [0.25, 0.3) is 0 Å². The highest BCUT2D eigenvalue weighted by atomic mass is 19.1. The smallest absolute Gasteiger partial charge is 0.409 e. The Labute approximate surface area is 117 Å². The number of amidine groups is 1. The van der Waals surface area contributed by atoms with Gasteiger partial charge in [-0.2, -0.15) is 0 Å². The third-order valence-electron chi connectivity index (χ3n) is 3.90. The molecule has 7 heteroatoms. The van der Waals surface area contributed by atoms with E-state index in [2.05, 4.69) is 5.16 Å². The zero-order valence-electron chi connectivity index (χ0n) is 12.0. The van der Waals surface area contributed by atoms with Crippen molar-refractivity contribution in [2.24, 2.45) is 10.9 Å². The molecule has 0 saturated carbocycles. The van der Waals surface area contributed by atoms with Crippen molar-refractivity contribution in [3.8, 4) is 0 Å². The maximum absolute atomic E-state index is 13.9. The number of oxime groups is 1. The second kappa shape index (κ2) is 4.75. The molecule has 1 aliphatic heterocycles. The van der Waals surface area contributed by atoms with Gasteiger partial charge in [0, 0.05) is 0 Å². The summed E-state index contributed by atoms with van der Waals surface area (Å²) >= 11 is 0. The van der Waals surface area contributed by atoms with Crippen molar-refractivity contribution in [2.45, 2.75) is 38.9 Å². The van der Waals surface area contributed by atoms with Crippen LogP contribution in [0.2, 0.25) is 0 Å². The van der Waals surface area contributed by atoms with Gasteiger partial charge in [-0.1, -0.05) is 11.2 Å². The Morgan fingerprint density at radius 1 is 1.25 bits per heavy atom. The molecule has 0 amide bonds. The van der Waals surface area contributed by atoms with Crippen LogP contribution in [0.5, 0.6) is 0 Å². The third kappa shape index (κ3) is 2.38. The molecule has 0 spiro atoms. The number of rotatable bonds is 2. The molecular formula is C13H18BFN2O3. The van der Waals surface area contributed by atoms with Crippen LogP contribution in [0.3, 0.4) is 0 Å². The van der Waals surface area contributed by atoms with E-state index in [-0.39, 0.29) is 11.4 Å². The molecule has 1 heterocycles. The normalized spacial score (nSPS) is 21.2. The molecule has 1 aromatic rings. The van der Waals surface area contributed by atoms with E-state index >= 15 is 0 Å². The summed E-state index contributed by atoms with van der Waals surface area (Å²) in [5, 5.41) is 11.4. The zero-order valence-corrected chi connectivity index (χ0v) is 12.0. The summed E-state index contributed by atoms with van der Waals surface area (Å²) in [7, 11) is -0.643. The van der Waals surface area contributed by atoms with E-state index in [1.165, 1.54) is 12.1 Å². The van der Waals surface area contributed by atoms with Crippen molar-refractivity contribution in [1.29, 1.82) is 0 Å². The Kier molecular flexibility index (Phi) is 3.52. The van der Waals surface area contributed by atoms with Gasteiger partial charge in [0.2, 0.25) is 0 Å². The minimum Gasteiger partial charge on any atom is -0.409 e. The molecule has 3 N–H and O–H groups in total. The van der Waals surface area contributed by atoms with Crippen LogP contribution in [0.4, 0.5) is 4.39 Å². The molecule has 0 bridgehead atoms. The van der Waals surface area contributed by atoms with Gasteiger partial charge < -0.3 is 20.2 Å². The number of nitrogens with zero attached hydrogens (tertiary/aromatic N) is 1. The summed E-state index contributed by atoms with van der Waals surface area (Å²) in [4.78, 5) is 0. The molecule has 5 nitrogen and oxygen atoms in total. The molecule has 0 atom stereocenters. The first-order valence-electron chi connectivity index (χ1n) is 6.31. The van der Waals surface area contributed by atoms with Crippen molar-refractivity contribution in [3.63, 3.8) is 0 Å². The highest BCUT2D eigenvalue weighted by Crippen LogP contribution is 2.36. The van der Waals surface area contributed by atoms with E-state index in [9.17, 15) is 4.39 Å². The summed E-state index contributed by atoms with van der Waals surface area (Å²) in [6.45, 7) is 7.70. The highest BCUT2D eigenvalue weighted by molar-refractivity contribution is 6.62. The van der Waals surface area contributed by atoms with Crippen molar-refractivity contribution in [1.82, 2.24) is 0 Å². The highest BCUT2D eigenvalue weighted by Gasteiger charge is 2.51. The first-order valence-corrected chi connectivity index (χ1v) is 6.31. The lowest BCUT2D eigenvalue weighted by molar-refractivity contribution is 0.00578. The average molecular weight is 280 g/mol. The Morgan fingerprint density at radius 2 is 1.80 bits per heavy atom. The molecule has 2 rings (SSSR count). The van der Waals surface area contributed by atoms with Crippen molar-refractivity contribution < 1.29 is 18.9 Å². The average Bonchev–Trinajstić information content (AvgIpc) is 2.57. The molecule has 0 aliphatic carbocycles. The van der Waals surface area contributed by atoms with E-state index in [1.54, 1.807) is 6.07 Å².